The number of aromatic nitrogens is 2. The van der Waals surface area contributed by atoms with Gasteiger partial charge < -0.3 is 10.4 Å². The van der Waals surface area contributed by atoms with Crippen molar-refractivity contribution in [1.82, 2.24) is 14.9 Å². The number of hydrogen-bond donors (Lipinski definition) is 2. The number of thiazole rings is 1. The molecule has 0 aliphatic carbocycles. The van der Waals surface area contributed by atoms with Gasteiger partial charge in [-0.25, -0.2) is 14.4 Å². The number of benzene rings is 1. The first-order chi connectivity index (χ1) is 15.4. The van der Waals surface area contributed by atoms with E-state index in [9.17, 15) is 14.3 Å². The first-order valence-electron chi connectivity index (χ1n) is 10.4. The topological polar surface area (TPSA) is 78.3 Å². The van der Waals surface area contributed by atoms with Crippen molar-refractivity contribution in [1.29, 1.82) is 0 Å². The van der Waals surface area contributed by atoms with Gasteiger partial charge in [0.25, 0.3) is 0 Å². The van der Waals surface area contributed by atoms with Crippen LogP contribution in [0.5, 0.6) is 0 Å². The summed E-state index contributed by atoms with van der Waals surface area (Å²) in [5.41, 5.74) is 0.320. The Morgan fingerprint density at radius 2 is 2.19 bits per heavy atom. The molecule has 168 valence electrons. The number of rotatable bonds is 7. The normalized spacial score (nSPS) is 21.4. The lowest BCUT2D eigenvalue weighted by Crippen LogP contribution is -2.49. The minimum Gasteiger partial charge on any atom is -0.481 e. The quantitative estimate of drug-likeness (QED) is 0.479. The zero-order valence-corrected chi connectivity index (χ0v) is 19.2. The van der Waals surface area contributed by atoms with Crippen molar-refractivity contribution in [2.24, 2.45) is 5.41 Å². The van der Waals surface area contributed by atoms with E-state index in [1.807, 2.05) is 30.5 Å². The summed E-state index contributed by atoms with van der Waals surface area (Å²) in [6.45, 7) is 2.94. The number of piperidine rings is 1. The number of nitrogens with zero attached hydrogens (tertiary/aromatic N) is 3. The zero-order valence-electron chi connectivity index (χ0n) is 17.6. The maximum Gasteiger partial charge on any atom is 0.310 e. The smallest absolute Gasteiger partial charge is 0.310 e. The van der Waals surface area contributed by atoms with Gasteiger partial charge in [-0.15, -0.1) is 11.3 Å². The Morgan fingerprint density at radius 1 is 1.38 bits per heavy atom. The molecule has 1 aliphatic rings. The average molecular weight is 475 g/mol. The number of aliphatic carboxylic acids is 1. The van der Waals surface area contributed by atoms with E-state index in [0.29, 0.717) is 43.7 Å². The van der Waals surface area contributed by atoms with Crippen molar-refractivity contribution in [2.45, 2.75) is 38.8 Å². The first-order valence-corrected chi connectivity index (χ1v) is 11.6. The molecule has 0 radical (unpaired) electrons. The Labute approximate surface area is 195 Å². The van der Waals surface area contributed by atoms with Crippen LogP contribution in [0.4, 0.5) is 15.3 Å². The Morgan fingerprint density at radius 3 is 2.91 bits per heavy atom. The third-order valence-electron chi connectivity index (χ3n) is 6.04. The molecule has 0 spiro atoms. The van der Waals surface area contributed by atoms with Crippen LogP contribution in [0.25, 0.3) is 0 Å². The van der Waals surface area contributed by atoms with Gasteiger partial charge in [0.05, 0.1) is 10.4 Å². The summed E-state index contributed by atoms with van der Waals surface area (Å²) in [6.07, 6.45) is 2.96. The fraction of sp³-hybridized carbons (Fsp3) is 0.348. The van der Waals surface area contributed by atoms with Crippen LogP contribution in [0, 0.1) is 11.2 Å². The third-order valence-corrected chi connectivity index (χ3v) is 7.02. The van der Waals surface area contributed by atoms with Gasteiger partial charge >= 0.3 is 5.97 Å². The molecule has 0 amide bonds. The second-order valence-corrected chi connectivity index (χ2v) is 9.53. The van der Waals surface area contributed by atoms with Gasteiger partial charge in [-0.3, -0.25) is 9.69 Å². The van der Waals surface area contributed by atoms with Crippen molar-refractivity contribution in [3.8, 4) is 0 Å². The molecule has 4 rings (SSSR count). The molecule has 3 heterocycles. The van der Waals surface area contributed by atoms with Crippen LogP contribution in [0.2, 0.25) is 5.02 Å². The monoisotopic (exact) mass is 474 g/mol. The van der Waals surface area contributed by atoms with Gasteiger partial charge in [0, 0.05) is 41.8 Å². The predicted molar refractivity (Wildman–Crippen MR) is 124 cm³/mol. The summed E-state index contributed by atoms with van der Waals surface area (Å²) in [4.78, 5) is 23.3. The van der Waals surface area contributed by atoms with E-state index in [1.165, 1.54) is 17.4 Å². The molecule has 0 bridgehead atoms. The highest BCUT2D eigenvalue weighted by Crippen LogP contribution is 2.39. The van der Waals surface area contributed by atoms with Gasteiger partial charge in [-0.05, 0) is 44.5 Å². The standard InChI is InChI=1S/C23H24ClFN4O2S/c1-15-12-23(21(30)31,8-10-29(15)14-16-4-2-6-18(24)20(16)25)13-17-5-3-7-19(27-17)28-22-26-9-11-32-22/h2-7,9,11,15H,8,10,12-14H2,1H3,(H,30,31)(H,26,27,28). The number of nitrogens with one attached hydrogen (secondary N) is 1. The molecule has 3 aromatic rings. The predicted octanol–water partition coefficient (Wildman–Crippen LogP) is 5.37. The van der Waals surface area contributed by atoms with Crippen LogP contribution in [-0.4, -0.2) is 38.5 Å². The highest BCUT2D eigenvalue weighted by Gasteiger charge is 2.44. The summed E-state index contributed by atoms with van der Waals surface area (Å²) in [6, 6.07) is 10.5. The molecule has 9 heteroatoms. The molecule has 32 heavy (non-hydrogen) atoms. The van der Waals surface area contributed by atoms with Crippen molar-refractivity contribution in [3.05, 3.63) is 70.1 Å². The van der Waals surface area contributed by atoms with E-state index >= 15 is 0 Å². The summed E-state index contributed by atoms with van der Waals surface area (Å²) in [7, 11) is 0. The summed E-state index contributed by atoms with van der Waals surface area (Å²) in [5, 5.41) is 16.0. The zero-order chi connectivity index (χ0) is 22.7. The van der Waals surface area contributed by atoms with Gasteiger partial charge in [0.1, 0.15) is 11.6 Å². The molecule has 1 aromatic carbocycles. The van der Waals surface area contributed by atoms with E-state index in [4.69, 9.17) is 11.6 Å². The highest BCUT2D eigenvalue weighted by molar-refractivity contribution is 7.13. The lowest BCUT2D eigenvalue weighted by atomic mass is 9.72. The van der Waals surface area contributed by atoms with E-state index in [-0.39, 0.29) is 11.1 Å². The number of carboxylic acid groups (broad SMARTS) is 1. The molecular formula is C23H24ClFN4O2S. The van der Waals surface area contributed by atoms with Gasteiger partial charge in [0.2, 0.25) is 0 Å². The molecule has 1 saturated heterocycles. The van der Waals surface area contributed by atoms with Crippen LogP contribution < -0.4 is 5.32 Å². The molecule has 1 fully saturated rings. The minimum absolute atomic E-state index is 0.0325. The van der Waals surface area contributed by atoms with E-state index in [2.05, 4.69) is 20.2 Å². The first kappa shape index (κ1) is 22.6. The fourth-order valence-corrected chi connectivity index (χ4v) is 5.05. The lowest BCUT2D eigenvalue weighted by Gasteiger charge is -2.43. The molecule has 1 aliphatic heterocycles. The van der Waals surface area contributed by atoms with E-state index in [1.54, 1.807) is 18.3 Å². The Hall–Kier alpha value is -2.55. The molecule has 2 unspecified atom stereocenters. The van der Waals surface area contributed by atoms with Gasteiger partial charge in [-0.1, -0.05) is 29.8 Å². The maximum atomic E-state index is 14.4. The number of hydrogen-bond acceptors (Lipinski definition) is 6. The van der Waals surface area contributed by atoms with Crippen LogP contribution in [-0.2, 0) is 17.8 Å². The number of halogens is 2. The molecular weight excluding hydrogens is 451 g/mol. The summed E-state index contributed by atoms with van der Waals surface area (Å²) < 4.78 is 14.4. The second kappa shape index (κ2) is 9.52. The van der Waals surface area contributed by atoms with Crippen LogP contribution >= 0.6 is 22.9 Å². The van der Waals surface area contributed by atoms with Gasteiger partial charge in [0.15, 0.2) is 5.13 Å². The molecule has 0 saturated carbocycles. The summed E-state index contributed by atoms with van der Waals surface area (Å²) >= 11 is 7.39. The van der Waals surface area contributed by atoms with Gasteiger partial charge in [-0.2, -0.15) is 0 Å². The largest absolute Gasteiger partial charge is 0.481 e. The van der Waals surface area contributed by atoms with Crippen LogP contribution in [0.3, 0.4) is 0 Å². The third kappa shape index (κ3) is 4.92. The lowest BCUT2D eigenvalue weighted by molar-refractivity contribution is -0.153. The number of likely N-dealkylation sites (tertiary alicyclic amines) is 1. The summed E-state index contributed by atoms with van der Waals surface area (Å²) in [5.74, 6) is -0.594. The minimum atomic E-state index is -0.921. The number of anilines is 2. The Balaban J connectivity index is 1.48. The van der Waals surface area contributed by atoms with Crippen molar-refractivity contribution in [2.75, 3.05) is 11.9 Å². The maximum absolute atomic E-state index is 14.4. The van der Waals surface area contributed by atoms with Crippen molar-refractivity contribution >= 4 is 39.9 Å². The van der Waals surface area contributed by atoms with E-state index in [0.717, 1.165) is 10.8 Å². The molecule has 2 aromatic heterocycles. The number of carboxylic acids is 1. The van der Waals surface area contributed by atoms with Crippen LogP contribution in [0.1, 0.15) is 31.0 Å². The second-order valence-electron chi connectivity index (χ2n) is 8.23. The van der Waals surface area contributed by atoms with Crippen LogP contribution in [0.15, 0.2) is 48.0 Å². The fourth-order valence-electron chi connectivity index (χ4n) is 4.32. The Bertz CT molecular complexity index is 1100. The highest BCUT2D eigenvalue weighted by atomic mass is 35.5. The molecule has 2 N–H and O–H groups in total. The molecule has 6 nitrogen and oxygen atoms in total. The SMILES string of the molecule is CC1CC(Cc2cccc(Nc3nccs3)n2)(C(=O)O)CCN1Cc1cccc(Cl)c1F. The van der Waals surface area contributed by atoms with Crippen molar-refractivity contribution in [3.63, 3.8) is 0 Å². The molecule has 2 atom stereocenters. The van der Waals surface area contributed by atoms with E-state index < -0.39 is 17.2 Å². The number of pyridine rings is 1. The number of carbonyl (C=O) groups is 1. The average Bonchev–Trinajstić information content (AvgIpc) is 3.26. The van der Waals surface area contributed by atoms with Crippen molar-refractivity contribution < 1.29 is 14.3 Å². The Kier molecular flexibility index (Phi) is 6.74.